The molecule has 2 aromatic carbocycles. The van der Waals surface area contributed by atoms with Crippen LogP contribution in [-0.4, -0.2) is 22.6 Å². The number of nitrogens with one attached hydrogen (secondary N) is 2. The Morgan fingerprint density at radius 2 is 1.92 bits per heavy atom. The summed E-state index contributed by atoms with van der Waals surface area (Å²) in [7, 11) is 0. The minimum atomic E-state index is -0.546. The standard InChI is InChI=1S/C18H18ClN3O3/c1-11-5-3-8-15(17(11)24)18(25)22-21-12(2)9-16(23)20-14-7-4-6-13(19)10-14/h3-8,10,24H,9H2,1-2H3,(H,20,23)(H,22,25)/b21-12-. The van der Waals surface area contributed by atoms with Crippen molar-refractivity contribution in [3.8, 4) is 5.75 Å². The maximum atomic E-state index is 12.0. The number of benzene rings is 2. The third-order valence-corrected chi connectivity index (χ3v) is 3.59. The summed E-state index contributed by atoms with van der Waals surface area (Å²) >= 11 is 5.86. The van der Waals surface area contributed by atoms with Gasteiger partial charge in [-0.15, -0.1) is 0 Å². The van der Waals surface area contributed by atoms with Gasteiger partial charge in [-0.3, -0.25) is 9.59 Å². The van der Waals surface area contributed by atoms with E-state index in [1.54, 1.807) is 50.2 Å². The number of aromatic hydroxyl groups is 1. The van der Waals surface area contributed by atoms with Crippen molar-refractivity contribution in [2.24, 2.45) is 5.10 Å². The monoisotopic (exact) mass is 359 g/mol. The number of hydrogen-bond acceptors (Lipinski definition) is 4. The van der Waals surface area contributed by atoms with Crippen molar-refractivity contribution in [1.82, 2.24) is 5.43 Å². The zero-order valence-electron chi connectivity index (χ0n) is 13.8. The van der Waals surface area contributed by atoms with E-state index in [1.165, 1.54) is 6.07 Å². The minimum absolute atomic E-state index is 0.00654. The number of halogens is 1. The predicted octanol–water partition coefficient (Wildman–Crippen LogP) is 3.49. The van der Waals surface area contributed by atoms with Crippen molar-refractivity contribution in [3.63, 3.8) is 0 Å². The second kappa shape index (κ2) is 8.30. The number of rotatable bonds is 5. The van der Waals surface area contributed by atoms with Crippen LogP contribution in [0.3, 0.4) is 0 Å². The number of hydrazone groups is 1. The van der Waals surface area contributed by atoms with Crippen LogP contribution >= 0.6 is 11.6 Å². The number of para-hydroxylation sites is 1. The molecule has 0 aromatic heterocycles. The number of hydrogen-bond donors (Lipinski definition) is 3. The summed E-state index contributed by atoms with van der Waals surface area (Å²) in [6, 6.07) is 11.6. The van der Waals surface area contributed by atoms with Crippen molar-refractivity contribution in [3.05, 3.63) is 58.6 Å². The summed E-state index contributed by atoms with van der Waals surface area (Å²) in [5.74, 6) is -0.918. The Morgan fingerprint density at radius 3 is 2.64 bits per heavy atom. The topological polar surface area (TPSA) is 90.8 Å². The minimum Gasteiger partial charge on any atom is -0.507 e. The van der Waals surface area contributed by atoms with Crippen molar-refractivity contribution in [1.29, 1.82) is 0 Å². The third kappa shape index (κ3) is 5.32. The molecule has 2 aromatic rings. The molecule has 0 atom stereocenters. The lowest BCUT2D eigenvalue weighted by Gasteiger charge is -2.07. The largest absolute Gasteiger partial charge is 0.507 e. The van der Waals surface area contributed by atoms with Crippen LogP contribution in [0.2, 0.25) is 5.02 Å². The smallest absolute Gasteiger partial charge is 0.275 e. The van der Waals surface area contributed by atoms with Crippen LogP contribution in [-0.2, 0) is 4.79 Å². The van der Waals surface area contributed by atoms with E-state index in [0.29, 0.717) is 22.0 Å². The number of nitrogens with zero attached hydrogens (tertiary/aromatic N) is 1. The summed E-state index contributed by atoms with van der Waals surface area (Å²) in [6.07, 6.45) is 0.00654. The van der Waals surface area contributed by atoms with Gasteiger partial charge in [-0.05, 0) is 43.7 Å². The van der Waals surface area contributed by atoms with E-state index in [2.05, 4.69) is 15.8 Å². The Bertz CT molecular complexity index is 834. The highest BCUT2D eigenvalue weighted by Gasteiger charge is 2.12. The second-order valence-corrected chi connectivity index (χ2v) is 5.93. The maximum Gasteiger partial charge on any atom is 0.275 e. The lowest BCUT2D eigenvalue weighted by atomic mass is 10.1. The van der Waals surface area contributed by atoms with Gasteiger partial charge in [0.25, 0.3) is 5.91 Å². The molecule has 0 aliphatic carbocycles. The van der Waals surface area contributed by atoms with Crippen LogP contribution in [0.1, 0.15) is 29.3 Å². The fourth-order valence-electron chi connectivity index (χ4n) is 2.09. The van der Waals surface area contributed by atoms with E-state index < -0.39 is 5.91 Å². The van der Waals surface area contributed by atoms with Crippen molar-refractivity contribution in [2.75, 3.05) is 5.32 Å². The molecule has 2 rings (SSSR count). The molecule has 7 heteroatoms. The van der Waals surface area contributed by atoms with Gasteiger partial charge in [-0.1, -0.05) is 29.8 Å². The van der Waals surface area contributed by atoms with Gasteiger partial charge in [0, 0.05) is 16.4 Å². The Labute approximate surface area is 150 Å². The molecule has 0 aliphatic rings. The van der Waals surface area contributed by atoms with Crippen LogP contribution in [0, 0.1) is 6.92 Å². The molecule has 0 aliphatic heterocycles. The normalized spacial score (nSPS) is 11.1. The van der Waals surface area contributed by atoms with Gasteiger partial charge in [0.2, 0.25) is 5.91 Å². The van der Waals surface area contributed by atoms with E-state index in [1.807, 2.05) is 0 Å². The molecule has 0 saturated carbocycles. The SMILES string of the molecule is C/C(CC(=O)Nc1cccc(Cl)c1)=N/NC(=O)c1cccc(C)c1O. The molecule has 0 spiro atoms. The molecule has 6 nitrogen and oxygen atoms in total. The average Bonchev–Trinajstić information content (AvgIpc) is 2.55. The summed E-state index contributed by atoms with van der Waals surface area (Å²) in [5.41, 5.74) is 4.05. The summed E-state index contributed by atoms with van der Waals surface area (Å²) in [5, 5.41) is 17.0. The quantitative estimate of drug-likeness (QED) is 0.563. The highest BCUT2D eigenvalue weighted by molar-refractivity contribution is 6.30. The molecule has 0 radical (unpaired) electrons. The van der Waals surface area contributed by atoms with Crippen LogP contribution in [0.4, 0.5) is 5.69 Å². The highest BCUT2D eigenvalue weighted by Crippen LogP contribution is 2.21. The summed E-state index contributed by atoms with van der Waals surface area (Å²) in [6.45, 7) is 3.31. The molecular formula is C18H18ClN3O3. The molecule has 130 valence electrons. The number of carbonyl (C=O) groups is 2. The zero-order valence-corrected chi connectivity index (χ0v) is 14.6. The lowest BCUT2D eigenvalue weighted by Crippen LogP contribution is -2.21. The number of phenolic OH excluding ortho intramolecular Hbond substituents is 1. The molecular weight excluding hydrogens is 342 g/mol. The number of amides is 2. The van der Waals surface area contributed by atoms with Gasteiger partial charge in [-0.2, -0.15) is 5.10 Å². The van der Waals surface area contributed by atoms with Gasteiger partial charge < -0.3 is 10.4 Å². The van der Waals surface area contributed by atoms with E-state index in [0.717, 1.165) is 0 Å². The zero-order chi connectivity index (χ0) is 18.4. The van der Waals surface area contributed by atoms with Crippen LogP contribution in [0.15, 0.2) is 47.6 Å². The van der Waals surface area contributed by atoms with Crippen LogP contribution in [0.25, 0.3) is 0 Å². The molecule has 3 N–H and O–H groups in total. The molecule has 25 heavy (non-hydrogen) atoms. The molecule has 0 bridgehead atoms. The van der Waals surface area contributed by atoms with Gasteiger partial charge in [0.05, 0.1) is 12.0 Å². The first-order valence-electron chi connectivity index (χ1n) is 7.54. The fraction of sp³-hybridized carbons (Fsp3) is 0.167. The Morgan fingerprint density at radius 1 is 1.20 bits per heavy atom. The van der Waals surface area contributed by atoms with Gasteiger partial charge in [-0.25, -0.2) is 5.43 Å². The number of phenols is 1. The van der Waals surface area contributed by atoms with E-state index in [9.17, 15) is 14.7 Å². The van der Waals surface area contributed by atoms with Crippen LogP contribution in [0.5, 0.6) is 5.75 Å². The van der Waals surface area contributed by atoms with Gasteiger partial charge >= 0.3 is 0 Å². The first kappa shape index (κ1) is 18.5. The first-order valence-corrected chi connectivity index (χ1v) is 7.92. The second-order valence-electron chi connectivity index (χ2n) is 5.49. The van der Waals surface area contributed by atoms with Gasteiger partial charge in [0.1, 0.15) is 5.75 Å². The summed E-state index contributed by atoms with van der Waals surface area (Å²) in [4.78, 5) is 24.0. The average molecular weight is 360 g/mol. The molecule has 0 unspecified atom stereocenters. The number of aryl methyl sites for hydroxylation is 1. The molecule has 0 saturated heterocycles. The molecule has 2 amide bonds. The third-order valence-electron chi connectivity index (χ3n) is 3.36. The van der Waals surface area contributed by atoms with Crippen molar-refractivity contribution >= 4 is 34.8 Å². The predicted molar refractivity (Wildman–Crippen MR) is 98.1 cm³/mol. The van der Waals surface area contributed by atoms with E-state index in [4.69, 9.17) is 11.6 Å². The molecule has 0 fully saturated rings. The van der Waals surface area contributed by atoms with Gasteiger partial charge in [0.15, 0.2) is 0 Å². The Hall–Kier alpha value is -2.86. The maximum absolute atomic E-state index is 12.0. The van der Waals surface area contributed by atoms with Crippen molar-refractivity contribution in [2.45, 2.75) is 20.3 Å². The van der Waals surface area contributed by atoms with Crippen LogP contribution < -0.4 is 10.7 Å². The lowest BCUT2D eigenvalue weighted by molar-refractivity contribution is -0.115. The van der Waals surface area contributed by atoms with E-state index >= 15 is 0 Å². The first-order chi connectivity index (χ1) is 11.9. The Kier molecular flexibility index (Phi) is 6.14. The van der Waals surface area contributed by atoms with Crippen molar-refractivity contribution < 1.29 is 14.7 Å². The van der Waals surface area contributed by atoms with E-state index in [-0.39, 0.29) is 23.6 Å². The molecule has 0 heterocycles. The number of anilines is 1. The summed E-state index contributed by atoms with van der Waals surface area (Å²) < 4.78 is 0. The fourth-order valence-corrected chi connectivity index (χ4v) is 2.28. The number of carbonyl (C=O) groups excluding carboxylic acids is 2. The highest BCUT2D eigenvalue weighted by atomic mass is 35.5. The Balaban J connectivity index is 1.93.